The molecule has 0 aliphatic heterocycles. The molecule has 2 aromatic heterocycles. The number of aryl methyl sites for hydroxylation is 2. The molecule has 0 aromatic carbocycles. The maximum Gasteiger partial charge on any atom is 0.208 e. The Morgan fingerprint density at radius 2 is 2.33 bits per heavy atom. The largest absolute Gasteiger partial charge is 0.445 e. The van der Waals surface area contributed by atoms with Crippen LogP contribution < -0.4 is 5.32 Å². The normalized spacial score (nSPS) is 10.8. The second kappa shape index (κ2) is 4.27. The molecule has 0 amide bonds. The lowest BCUT2D eigenvalue weighted by Crippen LogP contribution is -2.13. The van der Waals surface area contributed by atoms with Gasteiger partial charge in [0, 0.05) is 19.8 Å². The molecule has 0 atom stereocenters. The van der Waals surface area contributed by atoms with E-state index in [1.54, 1.807) is 10.9 Å². The topological polar surface area (TPSA) is 55.9 Å². The van der Waals surface area contributed by atoms with Gasteiger partial charge in [0.1, 0.15) is 5.76 Å². The van der Waals surface area contributed by atoms with Gasteiger partial charge in [-0.05, 0) is 13.0 Å². The van der Waals surface area contributed by atoms with Crippen LogP contribution in [0.4, 0.5) is 0 Å². The van der Waals surface area contributed by atoms with Crippen molar-refractivity contribution in [2.75, 3.05) is 0 Å². The molecule has 5 nitrogen and oxygen atoms in total. The molecule has 0 fully saturated rings. The van der Waals surface area contributed by atoms with Crippen LogP contribution in [0.15, 0.2) is 22.9 Å². The second-order valence-electron chi connectivity index (χ2n) is 3.45. The second-order valence-corrected chi connectivity index (χ2v) is 3.45. The van der Waals surface area contributed by atoms with Crippen molar-refractivity contribution < 1.29 is 4.42 Å². The summed E-state index contributed by atoms with van der Waals surface area (Å²) in [5.74, 6) is 1.55. The summed E-state index contributed by atoms with van der Waals surface area (Å²) < 4.78 is 7.11. The van der Waals surface area contributed by atoms with Gasteiger partial charge in [-0.15, -0.1) is 0 Å². The summed E-state index contributed by atoms with van der Waals surface area (Å²) >= 11 is 0. The lowest BCUT2D eigenvalue weighted by Gasteiger charge is -1.98. The molecule has 1 N–H and O–H groups in total. The molecule has 2 rings (SSSR count). The minimum Gasteiger partial charge on any atom is -0.445 e. The predicted octanol–water partition coefficient (Wildman–Crippen LogP) is 1.01. The van der Waals surface area contributed by atoms with Gasteiger partial charge in [0.25, 0.3) is 0 Å². The predicted molar refractivity (Wildman–Crippen MR) is 55.0 cm³/mol. The Balaban J connectivity index is 1.80. The molecule has 0 spiro atoms. The summed E-state index contributed by atoms with van der Waals surface area (Å²) in [4.78, 5) is 4.10. The minimum atomic E-state index is 0.629. The molecule has 0 saturated carbocycles. The maximum absolute atomic E-state index is 5.33. The highest BCUT2D eigenvalue weighted by Crippen LogP contribution is 2.01. The molecule has 0 saturated heterocycles. The van der Waals surface area contributed by atoms with Crippen LogP contribution in [-0.2, 0) is 20.1 Å². The first-order valence-electron chi connectivity index (χ1n) is 4.84. The molecule has 2 aromatic rings. The van der Waals surface area contributed by atoms with Crippen molar-refractivity contribution >= 4 is 0 Å². The first kappa shape index (κ1) is 9.92. The van der Waals surface area contributed by atoms with E-state index in [0.717, 1.165) is 18.0 Å². The van der Waals surface area contributed by atoms with Crippen LogP contribution in [0.25, 0.3) is 0 Å². The summed E-state index contributed by atoms with van der Waals surface area (Å²) in [7, 11) is 1.90. The Kier molecular flexibility index (Phi) is 2.82. The Bertz CT molecular complexity index is 392. The Labute approximate surface area is 88.1 Å². The minimum absolute atomic E-state index is 0.629. The smallest absolute Gasteiger partial charge is 0.208 e. The van der Waals surface area contributed by atoms with Gasteiger partial charge in [0.05, 0.1) is 18.4 Å². The highest BCUT2D eigenvalue weighted by atomic mass is 16.4. The molecule has 80 valence electrons. The standard InChI is InChI=1S/C10H14N4O/c1-8-5-12-10(15-8)7-11-6-9-3-4-14(2)13-9/h3-5,11H,6-7H2,1-2H3. The first-order chi connectivity index (χ1) is 7.24. The number of oxazole rings is 1. The highest BCUT2D eigenvalue weighted by molar-refractivity contribution is 4.98. The van der Waals surface area contributed by atoms with Crippen LogP contribution in [0.3, 0.4) is 0 Å². The molecule has 0 aliphatic carbocycles. The van der Waals surface area contributed by atoms with E-state index in [1.165, 1.54) is 0 Å². The molecular weight excluding hydrogens is 192 g/mol. The third-order valence-corrected chi connectivity index (χ3v) is 2.02. The van der Waals surface area contributed by atoms with Crippen molar-refractivity contribution in [1.82, 2.24) is 20.1 Å². The van der Waals surface area contributed by atoms with Gasteiger partial charge in [-0.1, -0.05) is 0 Å². The molecule has 0 radical (unpaired) electrons. The Hall–Kier alpha value is -1.62. The van der Waals surface area contributed by atoms with Crippen LogP contribution in [0.5, 0.6) is 0 Å². The molecule has 5 heteroatoms. The lowest BCUT2D eigenvalue weighted by molar-refractivity contribution is 0.448. The number of nitrogens with zero attached hydrogens (tertiary/aromatic N) is 3. The van der Waals surface area contributed by atoms with E-state index >= 15 is 0 Å². The van der Waals surface area contributed by atoms with Crippen molar-refractivity contribution in [3.8, 4) is 0 Å². The Morgan fingerprint density at radius 3 is 2.93 bits per heavy atom. The van der Waals surface area contributed by atoms with E-state index < -0.39 is 0 Å². The van der Waals surface area contributed by atoms with E-state index in [2.05, 4.69) is 15.4 Å². The third-order valence-electron chi connectivity index (χ3n) is 2.02. The first-order valence-corrected chi connectivity index (χ1v) is 4.84. The van der Waals surface area contributed by atoms with Crippen LogP contribution in [0, 0.1) is 6.92 Å². The van der Waals surface area contributed by atoms with E-state index in [1.807, 2.05) is 26.2 Å². The van der Waals surface area contributed by atoms with E-state index in [0.29, 0.717) is 12.4 Å². The number of aromatic nitrogens is 3. The van der Waals surface area contributed by atoms with Gasteiger partial charge in [-0.3, -0.25) is 4.68 Å². The molecule has 0 unspecified atom stereocenters. The maximum atomic E-state index is 5.33. The zero-order chi connectivity index (χ0) is 10.7. The van der Waals surface area contributed by atoms with Crippen molar-refractivity contribution in [3.05, 3.63) is 35.8 Å². The summed E-state index contributed by atoms with van der Waals surface area (Å²) in [6.45, 7) is 3.24. The van der Waals surface area contributed by atoms with E-state index in [-0.39, 0.29) is 0 Å². The van der Waals surface area contributed by atoms with E-state index in [4.69, 9.17) is 4.42 Å². The molecule has 0 bridgehead atoms. The van der Waals surface area contributed by atoms with Gasteiger partial charge in [-0.2, -0.15) is 5.10 Å². The van der Waals surface area contributed by atoms with E-state index in [9.17, 15) is 0 Å². The average molecular weight is 206 g/mol. The zero-order valence-corrected chi connectivity index (χ0v) is 8.90. The van der Waals surface area contributed by atoms with Gasteiger partial charge in [-0.25, -0.2) is 4.98 Å². The lowest BCUT2D eigenvalue weighted by atomic mass is 10.4. The van der Waals surface area contributed by atoms with Crippen molar-refractivity contribution in [3.63, 3.8) is 0 Å². The third kappa shape index (κ3) is 2.66. The van der Waals surface area contributed by atoms with Gasteiger partial charge < -0.3 is 9.73 Å². The van der Waals surface area contributed by atoms with Gasteiger partial charge in [0.15, 0.2) is 0 Å². The summed E-state index contributed by atoms with van der Waals surface area (Å²) in [6, 6.07) is 1.98. The number of hydrogen-bond acceptors (Lipinski definition) is 4. The number of nitrogens with one attached hydrogen (secondary N) is 1. The van der Waals surface area contributed by atoms with Crippen molar-refractivity contribution in [2.45, 2.75) is 20.0 Å². The SMILES string of the molecule is Cc1cnc(CNCc2ccn(C)n2)o1. The molecular formula is C10H14N4O. The number of rotatable bonds is 4. The monoisotopic (exact) mass is 206 g/mol. The summed E-state index contributed by atoms with van der Waals surface area (Å²) in [6.07, 6.45) is 3.64. The fourth-order valence-electron chi connectivity index (χ4n) is 1.34. The van der Waals surface area contributed by atoms with Crippen molar-refractivity contribution in [2.24, 2.45) is 7.05 Å². The molecule has 2 heterocycles. The van der Waals surface area contributed by atoms with Crippen molar-refractivity contribution in [1.29, 1.82) is 0 Å². The average Bonchev–Trinajstić information content (AvgIpc) is 2.76. The Morgan fingerprint density at radius 1 is 1.47 bits per heavy atom. The van der Waals surface area contributed by atoms with Crippen LogP contribution in [0.2, 0.25) is 0 Å². The number of hydrogen-bond donors (Lipinski definition) is 1. The summed E-state index contributed by atoms with van der Waals surface area (Å²) in [5.41, 5.74) is 1.01. The van der Waals surface area contributed by atoms with Gasteiger partial charge in [0.2, 0.25) is 5.89 Å². The molecule has 15 heavy (non-hydrogen) atoms. The van der Waals surface area contributed by atoms with Crippen LogP contribution >= 0.6 is 0 Å². The van der Waals surface area contributed by atoms with Gasteiger partial charge >= 0.3 is 0 Å². The fourth-order valence-corrected chi connectivity index (χ4v) is 1.34. The summed E-state index contributed by atoms with van der Waals surface area (Å²) in [5, 5.41) is 7.46. The fraction of sp³-hybridized carbons (Fsp3) is 0.400. The zero-order valence-electron chi connectivity index (χ0n) is 8.90. The van der Waals surface area contributed by atoms with Crippen LogP contribution in [-0.4, -0.2) is 14.8 Å². The van der Waals surface area contributed by atoms with Crippen LogP contribution in [0.1, 0.15) is 17.3 Å². The molecule has 0 aliphatic rings. The highest BCUT2D eigenvalue weighted by Gasteiger charge is 2.00. The quantitative estimate of drug-likeness (QED) is 0.811.